The number of ether oxygens (including phenoxy) is 1. The van der Waals surface area contributed by atoms with E-state index in [1.165, 1.54) is 0 Å². The van der Waals surface area contributed by atoms with Gasteiger partial charge in [0.05, 0.1) is 19.8 Å². The summed E-state index contributed by atoms with van der Waals surface area (Å²) in [6.45, 7) is 10.1. The lowest BCUT2D eigenvalue weighted by Crippen LogP contribution is -2.41. The molecule has 0 amide bonds. The summed E-state index contributed by atoms with van der Waals surface area (Å²) in [5.74, 6) is -0.442. The second-order valence-electron chi connectivity index (χ2n) is 5.29. The zero-order chi connectivity index (χ0) is 17.1. The number of rotatable bonds is 13. The predicted octanol–water partition coefficient (Wildman–Crippen LogP) is 4.93. The first-order chi connectivity index (χ1) is 10.5. The van der Waals surface area contributed by atoms with Gasteiger partial charge in [-0.1, -0.05) is 39.5 Å². The van der Waals surface area contributed by atoms with Gasteiger partial charge in [-0.15, -0.1) is 0 Å². The Balaban J connectivity index is 5.81. The van der Waals surface area contributed by atoms with Crippen LogP contribution in [0.3, 0.4) is 0 Å². The largest absolute Gasteiger partial charge is 0.465 e. The first-order valence-electron chi connectivity index (χ1n) is 8.54. The van der Waals surface area contributed by atoms with E-state index in [9.17, 15) is 9.36 Å². The minimum absolute atomic E-state index is 0.247. The monoisotopic (exact) mass is 336 g/mol. The van der Waals surface area contributed by atoms with Crippen LogP contribution in [-0.4, -0.2) is 30.9 Å². The molecule has 132 valence electrons. The molecular weight excluding hydrogens is 303 g/mol. The number of unbranched alkanes of at least 4 members (excludes halogenated alkanes) is 2. The van der Waals surface area contributed by atoms with Crippen LogP contribution in [0.2, 0.25) is 0 Å². The first kappa shape index (κ1) is 21.6. The molecule has 0 saturated heterocycles. The van der Waals surface area contributed by atoms with Gasteiger partial charge in [0.15, 0.2) is 5.16 Å². The molecule has 6 heteroatoms. The van der Waals surface area contributed by atoms with Crippen molar-refractivity contribution in [2.75, 3.05) is 19.8 Å². The van der Waals surface area contributed by atoms with Gasteiger partial charge < -0.3 is 13.8 Å². The van der Waals surface area contributed by atoms with Crippen LogP contribution in [0.25, 0.3) is 0 Å². The summed E-state index contributed by atoms with van der Waals surface area (Å²) in [5, 5.41) is -1.18. The van der Waals surface area contributed by atoms with Crippen molar-refractivity contribution in [2.24, 2.45) is 0 Å². The van der Waals surface area contributed by atoms with Crippen molar-refractivity contribution in [2.45, 2.75) is 78.3 Å². The topological polar surface area (TPSA) is 61.8 Å². The van der Waals surface area contributed by atoms with Crippen molar-refractivity contribution in [3.05, 3.63) is 0 Å². The van der Waals surface area contributed by atoms with Gasteiger partial charge >= 0.3 is 13.6 Å². The third kappa shape index (κ3) is 5.36. The number of hydrogen-bond acceptors (Lipinski definition) is 5. The Bertz CT molecular complexity index is 338. The summed E-state index contributed by atoms with van der Waals surface area (Å²) in [7, 11) is -3.58. The molecule has 5 nitrogen and oxygen atoms in total. The van der Waals surface area contributed by atoms with Crippen molar-refractivity contribution in [3.63, 3.8) is 0 Å². The number of esters is 1. The molecule has 0 aliphatic heterocycles. The van der Waals surface area contributed by atoms with E-state index in [1.54, 1.807) is 20.8 Å². The number of carbonyl (C=O) groups is 1. The molecule has 0 radical (unpaired) electrons. The van der Waals surface area contributed by atoms with E-state index in [0.29, 0.717) is 12.8 Å². The summed E-state index contributed by atoms with van der Waals surface area (Å²) >= 11 is 0. The summed E-state index contributed by atoms with van der Waals surface area (Å²) in [6, 6.07) is 0. The van der Waals surface area contributed by atoms with Crippen molar-refractivity contribution in [1.82, 2.24) is 0 Å². The molecule has 0 bridgehead atoms. The summed E-state index contributed by atoms with van der Waals surface area (Å²) in [6.07, 6.45) is 4.33. The second kappa shape index (κ2) is 11.2. The molecule has 0 atom stereocenters. The standard InChI is InChI=1S/C16H33O5P/c1-6-11-13-16(14-12-7-2,15(17)19-8-3)22(18,20-9-4)21-10-5/h6-14H2,1-5H3. The van der Waals surface area contributed by atoms with E-state index in [4.69, 9.17) is 13.8 Å². The third-order valence-corrected chi connectivity index (χ3v) is 6.54. The lowest BCUT2D eigenvalue weighted by atomic mass is 9.95. The summed E-state index contributed by atoms with van der Waals surface area (Å²) in [5.41, 5.74) is 0. The quantitative estimate of drug-likeness (QED) is 0.352. The minimum atomic E-state index is -3.58. The second-order valence-corrected chi connectivity index (χ2v) is 7.66. The molecule has 0 unspecified atom stereocenters. The van der Waals surface area contributed by atoms with Crippen LogP contribution < -0.4 is 0 Å². The average molecular weight is 336 g/mol. The van der Waals surface area contributed by atoms with Crippen LogP contribution in [0.4, 0.5) is 0 Å². The third-order valence-electron chi connectivity index (χ3n) is 3.67. The first-order valence-corrected chi connectivity index (χ1v) is 10.1. The molecule has 0 aliphatic rings. The van der Waals surface area contributed by atoms with E-state index < -0.39 is 18.7 Å². The Morgan fingerprint density at radius 3 is 1.64 bits per heavy atom. The van der Waals surface area contributed by atoms with Crippen LogP contribution in [0.15, 0.2) is 0 Å². The van der Waals surface area contributed by atoms with Crippen LogP contribution in [0, 0.1) is 0 Å². The molecule has 22 heavy (non-hydrogen) atoms. The fourth-order valence-electron chi connectivity index (χ4n) is 2.54. The molecule has 0 aromatic rings. The van der Waals surface area contributed by atoms with Crippen molar-refractivity contribution < 1.29 is 23.1 Å². The SMILES string of the molecule is CCCCC(CCCC)(C(=O)OCC)P(=O)(OCC)OCC. The fraction of sp³-hybridized carbons (Fsp3) is 0.938. The number of hydrogen-bond donors (Lipinski definition) is 0. The molecule has 0 heterocycles. The van der Waals surface area contributed by atoms with Gasteiger partial charge in [-0.05, 0) is 33.6 Å². The molecule has 0 spiro atoms. The lowest BCUT2D eigenvalue weighted by molar-refractivity contribution is -0.147. The van der Waals surface area contributed by atoms with Crippen LogP contribution in [-0.2, 0) is 23.1 Å². The van der Waals surface area contributed by atoms with Gasteiger partial charge in [0, 0.05) is 0 Å². The van der Waals surface area contributed by atoms with Gasteiger partial charge in [-0.25, -0.2) is 0 Å². The molecule has 0 rings (SSSR count). The summed E-state index contributed by atoms with van der Waals surface area (Å²) < 4.78 is 29.7. The van der Waals surface area contributed by atoms with Crippen LogP contribution >= 0.6 is 7.60 Å². The fourth-order valence-corrected chi connectivity index (χ4v) is 4.94. The van der Waals surface area contributed by atoms with E-state index in [2.05, 4.69) is 0 Å². The zero-order valence-corrected chi connectivity index (χ0v) is 15.7. The maximum absolute atomic E-state index is 13.4. The molecule has 0 aromatic heterocycles. The van der Waals surface area contributed by atoms with E-state index >= 15 is 0 Å². The predicted molar refractivity (Wildman–Crippen MR) is 89.3 cm³/mol. The van der Waals surface area contributed by atoms with Gasteiger partial charge in [0.2, 0.25) is 0 Å². The summed E-state index contributed by atoms with van der Waals surface area (Å²) in [4.78, 5) is 12.7. The highest BCUT2D eigenvalue weighted by Gasteiger charge is 2.56. The highest BCUT2D eigenvalue weighted by atomic mass is 31.2. The van der Waals surface area contributed by atoms with Crippen LogP contribution in [0.1, 0.15) is 73.1 Å². The highest BCUT2D eigenvalue weighted by Crippen LogP contribution is 2.64. The van der Waals surface area contributed by atoms with Crippen molar-refractivity contribution >= 4 is 13.6 Å². The normalized spacial score (nSPS) is 12.4. The Morgan fingerprint density at radius 1 is 0.864 bits per heavy atom. The van der Waals surface area contributed by atoms with Gasteiger partial charge in [-0.3, -0.25) is 9.36 Å². The average Bonchev–Trinajstić information content (AvgIpc) is 2.48. The van der Waals surface area contributed by atoms with Crippen molar-refractivity contribution in [1.29, 1.82) is 0 Å². The maximum Gasteiger partial charge on any atom is 0.347 e. The smallest absolute Gasteiger partial charge is 0.347 e. The maximum atomic E-state index is 13.4. The molecular formula is C16H33O5P. The zero-order valence-electron chi connectivity index (χ0n) is 14.9. The van der Waals surface area contributed by atoms with Gasteiger partial charge in [-0.2, -0.15) is 0 Å². The van der Waals surface area contributed by atoms with E-state index in [-0.39, 0.29) is 19.8 Å². The molecule has 0 fully saturated rings. The van der Waals surface area contributed by atoms with E-state index in [0.717, 1.165) is 25.7 Å². The van der Waals surface area contributed by atoms with E-state index in [1.807, 2.05) is 13.8 Å². The highest BCUT2D eigenvalue weighted by molar-refractivity contribution is 7.56. The minimum Gasteiger partial charge on any atom is -0.465 e. The van der Waals surface area contributed by atoms with Crippen molar-refractivity contribution in [3.8, 4) is 0 Å². The Labute approximate surface area is 135 Å². The van der Waals surface area contributed by atoms with Crippen LogP contribution in [0.5, 0.6) is 0 Å². The molecule has 0 aromatic carbocycles. The Morgan fingerprint density at radius 2 is 1.32 bits per heavy atom. The molecule has 0 aliphatic carbocycles. The molecule has 0 N–H and O–H groups in total. The lowest BCUT2D eigenvalue weighted by Gasteiger charge is -2.37. The Kier molecular flexibility index (Phi) is 11.0. The molecule has 0 saturated carbocycles. The Hall–Kier alpha value is -0.380. The van der Waals surface area contributed by atoms with Gasteiger partial charge in [0.25, 0.3) is 0 Å². The van der Waals surface area contributed by atoms with Gasteiger partial charge in [0.1, 0.15) is 0 Å². The number of carbonyl (C=O) groups excluding carboxylic acids is 1.